The number of piperazine rings is 1. The van der Waals surface area contributed by atoms with Crippen molar-refractivity contribution >= 4 is 54.3 Å². The Morgan fingerprint density at radius 1 is 0.935 bits per heavy atom. The first-order valence-corrected chi connectivity index (χ1v) is 18.6. The second-order valence-corrected chi connectivity index (χ2v) is 15.8. The monoisotopic (exact) mass is 707 g/mol. The van der Waals surface area contributed by atoms with Crippen LogP contribution in [0.5, 0.6) is 0 Å². The molecule has 2 saturated heterocycles. The molecule has 2 aliphatic heterocycles. The number of aromatic nitrogens is 1. The molecule has 2 aromatic heterocycles. The summed E-state index contributed by atoms with van der Waals surface area (Å²) in [4.78, 5) is 46.6. The number of benzene rings is 2. The van der Waals surface area contributed by atoms with Crippen molar-refractivity contribution in [1.29, 1.82) is 0 Å². The van der Waals surface area contributed by atoms with E-state index in [-0.39, 0.29) is 21.7 Å². The van der Waals surface area contributed by atoms with Gasteiger partial charge in [0.05, 0.1) is 0 Å². The van der Waals surface area contributed by atoms with Crippen molar-refractivity contribution in [3.05, 3.63) is 86.3 Å². The first-order chi connectivity index (χ1) is 22.0. The van der Waals surface area contributed by atoms with E-state index in [9.17, 15) is 14.4 Å². The fourth-order valence-corrected chi connectivity index (χ4v) is 8.13. The first kappa shape index (κ1) is 33.0. The normalized spacial score (nSPS) is 17.1. The topological polar surface area (TPSA) is 83.8 Å². The Kier molecular flexibility index (Phi) is 10.1. The zero-order valence-corrected chi connectivity index (χ0v) is 29.4. The van der Waals surface area contributed by atoms with Crippen LogP contribution >= 0.6 is 11.6 Å². The number of carbonyl (C=O) groups is 2. The third-order valence-corrected chi connectivity index (χ3v) is 11.0. The summed E-state index contributed by atoms with van der Waals surface area (Å²) in [5.41, 5.74) is 3.65. The van der Waals surface area contributed by atoms with E-state index in [0.717, 1.165) is 73.4 Å². The van der Waals surface area contributed by atoms with Gasteiger partial charge < -0.3 is 4.74 Å². The van der Waals surface area contributed by atoms with Gasteiger partial charge in [0.25, 0.3) is 0 Å². The van der Waals surface area contributed by atoms with E-state index in [4.69, 9.17) is 21.1 Å². The standard InChI is InChI=1S/C35H41AsClN4O5/c1-35(2,3)46-34(44)40-12-10-38(11-13-40)9-8-28-20-26-18-25(22-39-14-16-45-17-15-39)19-29-31(26)41(28)23-30(32(29)42)33(43)36-21-24-4-6-27(37)7-5-24/h4-7,18-20,23H,8-17,21-22H2,1-3H3. The number of halogens is 1. The number of pyridine rings is 1. The van der Waals surface area contributed by atoms with Gasteiger partial charge in [-0.15, -0.1) is 0 Å². The first-order valence-electron chi connectivity index (χ1n) is 15.9. The second kappa shape index (κ2) is 14.0. The number of carbonyl (C=O) groups excluding carboxylic acids is 2. The molecule has 6 rings (SSSR count). The van der Waals surface area contributed by atoms with Gasteiger partial charge in [0, 0.05) is 0 Å². The summed E-state index contributed by atoms with van der Waals surface area (Å²) in [6, 6.07) is 13.9. The molecule has 2 aromatic carbocycles. The maximum atomic E-state index is 13.9. The molecule has 4 heterocycles. The van der Waals surface area contributed by atoms with Crippen molar-refractivity contribution in [2.45, 2.75) is 44.5 Å². The Labute approximate surface area is 281 Å². The Morgan fingerprint density at radius 3 is 2.35 bits per heavy atom. The van der Waals surface area contributed by atoms with Crippen molar-refractivity contribution in [1.82, 2.24) is 19.1 Å². The van der Waals surface area contributed by atoms with Crippen LogP contribution in [0.15, 0.2) is 53.5 Å². The molecule has 0 atom stereocenters. The zero-order chi connectivity index (χ0) is 32.4. The molecule has 46 heavy (non-hydrogen) atoms. The van der Waals surface area contributed by atoms with Crippen LogP contribution in [0.4, 0.5) is 4.79 Å². The summed E-state index contributed by atoms with van der Waals surface area (Å²) in [5.74, 6) is 0. The fraction of sp³-hybridized carbons (Fsp3) is 0.457. The van der Waals surface area contributed by atoms with Crippen molar-refractivity contribution in [2.75, 3.05) is 59.0 Å². The number of rotatable bonds is 9. The van der Waals surface area contributed by atoms with Gasteiger partial charge in [-0.1, -0.05) is 0 Å². The van der Waals surface area contributed by atoms with Crippen LogP contribution in [0.25, 0.3) is 16.3 Å². The minimum atomic E-state index is -0.768. The SMILES string of the molecule is CC(C)(C)OC(=O)N1CCN(CCc2cc3cc(CN4CCOCC4)cc4c(=O)c(C(=O)[As]Cc5ccc(Cl)cc5)cn2c34)CC1. The van der Waals surface area contributed by atoms with Crippen molar-refractivity contribution in [2.24, 2.45) is 0 Å². The number of hydrogen-bond acceptors (Lipinski definition) is 7. The second-order valence-electron chi connectivity index (χ2n) is 13.2. The van der Waals surface area contributed by atoms with Gasteiger partial charge in [0.2, 0.25) is 0 Å². The quantitative estimate of drug-likeness (QED) is 0.237. The van der Waals surface area contributed by atoms with Gasteiger partial charge in [0.1, 0.15) is 5.60 Å². The Morgan fingerprint density at radius 2 is 1.65 bits per heavy atom. The Balaban J connectivity index is 1.25. The van der Waals surface area contributed by atoms with E-state index in [2.05, 4.69) is 26.3 Å². The van der Waals surface area contributed by atoms with Gasteiger partial charge >= 0.3 is 246 Å². The molecule has 0 unspecified atom stereocenters. The number of morpholine rings is 1. The molecule has 4 aromatic rings. The van der Waals surface area contributed by atoms with E-state index in [1.165, 1.54) is 0 Å². The summed E-state index contributed by atoms with van der Waals surface area (Å²) < 4.78 is 13.1. The number of hydrogen-bond donors (Lipinski definition) is 0. The van der Waals surface area contributed by atoms with Crippen LogP contribution in [0.2, 0.25) is 5.02 Å². The summed E-state index contributed by atoms with van der Waals surface area (Å²) in [7, 11) is 0. The number of ether oxygens (including phenoxy) is 2. The van der Waals surface area contributed by atoms with E-state index >= 15 is 0 Å². The third-order valence-electron chi connectivity index (χ3n) is 8.59. The van der Waals surface area contributed by atoms with E-state index in [1.807, 2.05) is 51.1 Å². The molecular weight excluding hydrogens is 667 g/mol. The molecular formula is C35H41AsClN4O5. The average Bonchev–Trinajstić information content (AvgIpc) is 3.38. The van der Waals surface area contributed by atoms with E-state index in [1.54, 1.807) is 11.1 Å². The fourth-order valence-electron chi connectivity index (χ4n) is 6.19. The summed E-state index contributed by atoms with van der Waals surface area (Å²) >= 11 is 5.28. The van der Waals surface area contributed by atoms with Crippen molar-refractivity contribution < 1.29 is 19.1 Å². The van der Waals surface area contributed by atoms with Gasteiger partial charge in [-0.2, -0.15) is 0 Å². The van der Waals surface area contributed by atoms with E-state index in [0.29, 0.717) is 41.9 Å². The predicted octanol–water partition coefficient (Wildman–Crippen LogP) is 4.52. The molecule has 2 fully saturated rings. The van der Waals surface area contributed by atoms with Crippen molar-refractivity contribution in [3.63, 3.8) is 0 Å². The molecule has 11 heteroatoms. The Hall–Kier alpha value is -2.94. The van der Waals surface area contributed by atoms with Crippen LogP contribution in [0, 0.1) is 0 Å². The molecule has 0 aliphatic carbocycles. The van der Waals surface area contributed by atoms with Gasteiger partial charge in [-0.25, -0.2) is 4.79 Å². The molecule has 2 aliphatic rings. The van der Waals surface area contributed by atoms with Gasteiger partial charge in [-0.05, 0) is 20.8 Å². The number of amides is 1. The minimum absolute atomic E-state index is 0.0634. The molecule has 9 nitrogen and oxygen atoms in total. The van der Waals surface area contributed by atoms with Crippen LogP contribution in [-0.2, 0) is 27.6 Å². The molecule has 243 valence electrons. The Bertz CT molecular complexity index is 1760. The van der Waals surface area contributed by atoms with Crippen LogP contribution < -0.4 is 5.43 Å². The summed E-state index contributed by atoms with van der Waals surface area (Å²) in [6.45, 7) is 13.1. The maximum absolute atomic E-state index is 13.9. The van der Waals surface area contributed by atoms with Crippen molar-refractivity contribution in [3.8, 4) is 0 Å². The summed E-state index contributed by atoms with van der Waals surface area (Å²) in [5, 5.41) is 2.92. The summed E-state index contributed by atoms with van der Waals surface area (Å²) in [6.07, 6.45) is 2.28. The van der Waals surface area contributed by atoms with Crippen LogP contribution in [-0.4, -0.2) is 110 Å². The average molecular weight is 708 g/mol. The molecule has 1 radical (unpaired) electrons. The predicted molar refractivity (Wildman–Crippen MR) is 182 cm³/mol. The molecule has 0 spiro atoms. The van der Waals surface area contributed by atoms with Crippen LogP contribution in [0.1, 0.15) is 48.0 Å². The van der Waals surface area contributed by atoms with Gasteiger partial charge in [0.15, 0.2) is 0 Å². The number of nitrogens with zero attached hydrogens (tertiary/aromatic N) is 4. The third kappa shape index (κ3) is 7.77. The molecule has 0 N–H and O–H groups in total. The van der Waals surface area contributed by atoms with Gasteiger partial charge in [-0.3, -0.25) is 0 Å². The van der Waals surface area contributed by atoms with Crippen LogP contribution in [0.3, 0.4) is 0 Å². The molecule has 0 saturated carbocycles. The molecule has 1 amide bonds. The van der Waals surface area contributed by atoms with E-state index < -0.39 is 21.4 Å². The molecule has 0 bridgehead atoms. The zero-order valence-electron chi connectivity index (χ0n) is 26.8.